The molecule has 142 valence electrons. The molecular formula is C19H18N6O3. The lowest BCUT2D eigenvalue weighted by Crippen LogP contribution is -2.12. The molecule has 3 aromatic heterocycles. The van der Waals surface area contributed by atoms with Crippen molar-refractivity contribution in [2.24, 2.45) is 0 Å². The first-order chi connectivity index (χ1) is 13.6. The lowest BCUT2D eigenvalue weighted by molar-refractivity contribution is -0.116. The summed E-state index contributed by atoms with van der Waals surface area (Å²) in [5, 5.41) is 14.6. The van der Waals surface area contributed by atoms with E-state index < -0.39 is 0 Å². The molecule has 0 radical (unpaired) electrons. The Kier molecular flexibility index (Phi) is 4.71. The van der Waals surface area contributed by atoms with Crippen LogP contribution >= 0.6 is 0 Å². The fourth-order valence-corrected chi connectivity index (χ4v) is 2.75. The Morgan fingerprint density at radius 1 is 1.29 bits per heavy atom. The minimum absolute atomic E-state index is 0.161. The number of amides is 1. The second kappa shape index (κ2) is 7.47. The van der Waals surface area contributed by atoms with Crippen molar-refractivity contribution in [2.75, 3.05) is 12.4 Å². The van der Waals surface area contributed by atoms with E-state index >= 15 is 0 Å². The molecule has 0 unspecified atom stereocenters. The molecular weight excluding hydrogens is 360 g/mol. The molecule has 28 heavy (non-hydrogen) atoms. The number of rotatable bonds is 6. The molecule has 9 heteroatoms. The Hall–Kier alpha value is -3.75. The van der Waals surface area contributed by atoms with Gasteiger partial charge in [0.2, 0.25) is 17.6 Å². The smallest absolute Gasteiger partial charge is 0.227 e. The third kappa shape index (κ3) is 3.68. The van der Waals surface area contributed by atoms with Crippen LogP contribution in [0.4, 0.5) is 5.69 Å². The quantitative estimate of drug-likeness (QED) is 0.529. The molecule has 3 heterocycles. The highest BCUT2D eigenvalue weighted by atomic mass is 16.5. The number of hydrogen-bond donors (Lipinski definition) is 2. The molecule has 0 aliphatic rings. The third-order valence-corrected chi connectivity index (χ3v) is 4.27. The number of carbonyl (C=O) groups excluding carboxylic acids is 1. The van der Waals surface area contributed by atoms with Gasteiger partial charge in [0.25, 0.3) is 0 Å². The number of methoxy groups -OCH3 is 1. The molecule has 0 saturated heterocycles. The van der Waals surface area contributed by atoms with Gasteiger partial charge >= 0.3 is 0 Å². The van der Waals surface area contributed by atoms with E-state index in [9.17, 15) is 4.79 Å². The molecule has 0 bridgehead atoms. The zero-order chi connectivity index (χ0) is 19.5. The second-order valence-electron chi connectivity index (χ2n) is 6.23. The average Bonchev–Trinajstić information content (AvgIpc) is 3.34. The molecule has 0 fully saturated rings. The fourth-order valence-electron chi connectivity index (χ4n) is 2.75. The minimum atomic E-state index is -0.161. The number of aromatic nitrogens is 5. The molecule has 0 spiro atoms. The zero-order valence-corrected chi connectivity index (χ0v) is 15.4. The number of benzene rings is 1. The van der Waals surface area contributed by atoms with E-state index in [4.69, 9.17) is 9.26 Å². The van der Waals surface area contributed by atoms with Gasteiger partial charge in [0.15, 0.2) is 5.65 Å². The van der Waals surface area contributed by atoms with Crippen LogP contribution in [0.1, 0.15) is 18.0 Å². The van der Waals surface area contributed by atoms with E-state index in [0.717, 1.165) is 22.4 Å². The van der Waals surface area contributed by atoms with E-state index in [1.54, 1.807) is 13.3 Å². The van der Waals surface area contributed by atoms with Crippen molar-refractivity contribution >= 4 is 22.6 Å². The highest BCUT2D eigenvalue weighted by molar-refractivity contribution is 5.93. The van der Waals surface area contributed by atoms with Gasteiger partial charge in [-0.1, -0.05) is 5.16 Å². The van der Waals surface area contributed by atoms with E-state index in [0.29, 0.717) is 29.5 Å². The highest BCUT2D eigenvalue weighted by Crippen LogP contribution is 2.20. The van der Waals surface area contributed by atoms with E-state index in [2.05, 4.69) is 30.6 Å². The second-order valence-corrected chi connectivity index (χ2v) is 6.23. The van der Waals surface area contributed by atoms with Gasteiger partial charge in [0.05, 0.1) is 19.0 Å². The van der Waals surface area contributed by atoms with Gasteiger partial charge in [-0.15, -0.1) is 0 Å². The number of anilines is 1. The summed E-state index contributed by atoms with van der Waals surface area (Å²) in [5.41, 5.74) is 2.95. The highest BCUT2D eigenvalue weighted by Gasteiger charge is 2.12. The predicted octanol–water partition coefficient (Wildman–Crippen LogP) is 2.90. The van der Waals surface area contributed by atoms with Gasteiger partial charge in [0.1, 0.15) is 5.75 Å². The van der Waals surface area contributed by atoms with Gasteiger partial charge < -0.3 is 14.6 Å². The Morgan fingerprint density at radius 2 is 2.11 bits per heavy atom. The van der Waals surface area contributed by atoms with Crippen molar-refractivity contribution in [3.05, 3.63) is 48.1 Å². The Bertz CT molecular complexity index is 1120. The van der Waals surface area contributed by atoms with Crippen LogP contribution in [0.3, 0.4) is 0 Å². The molecule has 1 aromatic carbocycles. The first-order valence-corrected chi connectivity index (χ1v) is 8.70. The van der Waals surface area contributed by atoms with Gasteiger partial charge in [-0.2, -0.15) is 10.1 Å². The van der Waals surface area contributed by atoms with Crippen LogP contribution in [-0.4, -0.2) is 38.3 Å². The first-order valence-electron chi connectivity index (χ1n) is 8.70. The van der Waals surface area contributed by atoms with Crippen molar-refractivity contribution in [3.8, 4) is 17.1 Å². The maximum absolute atomic E-state index is 12.2. The van der Waals surface area contributed by atoms with Gasteiger partial charge in [0, 0.05) is 29.5 Å². The van der Waals surface area contributed by atoms with Crippen molar-refractivity contribution in [1.82, 2.24) is 25.3 Å². The number of ether oxygens (including phenoxy) is 1. The first kappa shape index (κ1) is 17.7. The third-order valence-electron chi connectivity index (χ3n) is 4.27. The van der Waals surface area contributed by atoms with Crippen LogP contribution in [0.2, 0.25) is 0 Å². The summed E-state index contributed by atoms with van der Waals surface area (Å²) < 4.78 is 10.4. The van der Waals surface area contributed by atoms with Crippen molar-refractivity contribution < 1.29 is 14.1 Å². The summed E-state index contributed by atoms with van der Waals surface area (Å²) in [4.78, 5) is 20.8. The number of hydrogen-bond acceptors (Lipinski definition) is 7. The van der Waals surface area contributed by atoms with Gasteiger partial charge in [-0.25, -0.2) is 4.98 Å². The summed E-state index contributed by atoms with van der Waals surface area (Å²) >= 11 is 0. The number of fused-ring (bicyclic) bond motifs is 1. The lowest BCUT2D eigenvalue weighted by atomic mass is 10.2. The van der Waals surface area contributed by atoms with E-state index in [1.807, 2.05) is 37.3 Å². The van der Waals surface area contributed by atoms with E-state index in [-0.39, 0.29) is 12.3 Å². The molecule has 9 nitrogen and oxygen atoms in total. The predicted molar refractivity (Wildman–Crippen MR) is 102 cm³/mol. The molecule has 4 rings (SSSR count). The van der Waals surface area contributed by atoms with E-state index in [1.165, 1.54) is 0 Å². The number of aryl methyl sites for hydroxylation is 2. The summed E-state index contributed by atoms with van der Waals surface area (Å²) in [7, 11) is 1.61. The number of carbonyl (C=O) groups is 1. The SMILES string of the molecule is COc1ccc(-c2noc(CCC(=O)Nc3cnc4n[nH]c(C)c4c3)n2)cc1. The van der Waals surface area contributed by atoms with Crippen LogP contribution in [-0.2, 0) is 11.2 Å². The lowest BCUT2D eigenvalue weighted by Gasteiger charge is -2.03. The van der Waals surface area contributed by atoms with Crippen molar-refractivity contribution in [2.45, 2.75) is 19.8 Å². The Labute approximate surface area is 160 Å². The Balaban J connectivity index is 1.36. The normalized spacial score (nSPS) is 10.9. The fraction of sp³-hybridized carbons (Fsp3) is 0.211. The average molecular weight is 378 g/mol. The maximum atomic E-state index is 12.2. The molecule has 0 aliphatic carbocycles. The van der Waals surface area contributed by atoms with Crippen LogP contribution < -0.4 is 10.1 Å². The number of nitrogens with one attached hydrogen (secondary N) is 2. The molecule has 0 aliphatic heterocycles. The molecule has 1 amide bonds. The Morgan fingerprint density at radius 3 is 2.89 bits per heavy atom. The zero-order valence-electron chi connectivity index (χ0n) is 15.4. The number of aromatic amines is 1. The van der Waals surface area contributed by atoms with Crippen LogP contribution in [0, 0.1) is 6.92 Å². The van der Waals surface area contributed by atoms with Crippen LogP contribution in [0.25, 0.3) is 22.4 Å². The summed E-state index contributed by atoms with van der Waals surface area (Å²) in [6.45, 7) is 1.90. The van der Waals surface area contributed by atoms with Crippen molar-refractivity contribution in [1.29, 1.82) is 0 Å². The summed E-state index contributed by atoms with van der Waals surface area (Å²) in [6, 6.07) is 9.19. The minimum Gasteiger partial charge on any atom is -0.497 e. The number of H-pyrrole nitrogens is 1. The number of nitrogens with zero attached hydrogens (tertiary/aromatic N) is 4. The van der Waals surface area contributed by atoms with Crippen LogP contribution in [0.15, 0.2) is 41.1 Å². The molecule has 0 atom stereocenters. The standard InChI is InChI=1S/C19H18N6O3/c1-11-15-9-13(10-20-19(15)24-23-11)21-16(26)7-8-17-22-18(25-28-17)12-3-5-14(27-2)6-4-12/h3-6,9-10H,7-8H2,1-2H3,(H,21,26)(H,20,23,24). The molecule has 0 saturated carbocycles. The summed E-state index contributed by atoms with van der Waals surface area (Å²) in [6.07, 6.45) is 2.14. The van der Waals surface area contributed by atoms with Gasteiger partial charge in [-0.3, -0.25) is 9.89 Å². The maximum Gasteiger partial charge on any atom is 0.227 e. The van der Waals surface area contributed by atoms with Crippen LogP contribution in [0.5, 0.6) is 5.75 Å². The van der Waals surface area contributed by atoms with Crippen molar-refractivity contribution in [3.63, 3.8) is 0 Å². The largest absolute Gasteiger partial charge is 0.497 e. The number of pyridine rings is 1. The summed E-state index contributed by atoms with van der Waals surface area (Å²) in [5.74, 6) is 1.47. The molecule has 4 aromatic rings. The topological polar surface area (TPSA) is 119 Å². The monoisotopic (exact) mass is 378 g/mol. The molecule has 2 N–H and O–H groups in total. The van der Waals surface area contributed by atoms with Gasteiger partial charge in [-0.05, 0) is 37.3 Å².